The van der Waals surface area contributed by atoms with Gasteiger partial charge in [0.05, 0.1) is 0 Å². The zero-order valence-electron chi connectivity index (χ0n) is 8.99. The predicted octanol–water partition coefficient (Wildman–Crippen LogP) is 1.06. The number of hydrogen-bond acceptors (Lipinski definition) is 4. The van der Waals surface area contributed by atoms with Crippen LogP contribution in [-0.2, 0) is 14.4 Å². The van der Waals surface area contributed by atoms with Crippen molar-refractivity contribution in [2.75, 3.05) is 0 Å². The summed E-state index contributed by atoms with van der Waals surface area (Å²) in [4.78, 5) is 26.6. The van der Waals surface area contributed by atoms with Gasteiger partial charge < -0.3 is 9.84 Å². The fraction of sp³-hybridized carbons (Fsp3) is 0.778. The first kappa shape index (κ1) is 11.8. The van der Waals surface area contributed by atoms with Crippen LogP contribution in [0.1, 0.15) is 33.6 Å². The molecule has 1 aliphatic rings. The molecule has 1 rings (SSSR count). The molecule has 0 radical (unpaired) electrons. The summed E-state index contributed by atoms with van der Waals surface area (Å²) < 4.78 is 4.87. The highest BCUT2D eigenvalue weighted by Crippen LogP contribution is 2.38. The van der Waals surface area contributed by atoms with Gasteiger partial charge in [0.15, 0.2) is 5.60 Å². The smallest absolute Gasteiger partial charge is 0.431 e. The second-order valence-electron chi connectivity index (χ2n) is 4.51. The minimum Gasteiger partial charge on any atom is -0.479 e. The SMILES string of the molecule is CC(C)(C)OC(=O)NOC1(C(=O)O)CC1. The Morgan fingerprint density at radius 3 is 2.20 bits per heavy atom. The molecule has 6 nitrogen and oxygen atoms in total. The van der Waals surface area contributed by atoms with Crippen molar-refractivity contribution in [2.24, 2.45) is 0 Å². The lowest BCUT2D eigenvalue weighted by Crippen LogP contribution is -2.39. The van der Waals surface area contributed by atoms with E-state index in [1.807, 2.05) is 5.48 Å². The van der Waals surface area contributed by atoms with Crippen LogP contribution in [0.25, 0.3) is 0 Å². The van der Waals surface area contributed by atoms with Gasteiger partial charge in [-0.05, 0) is 33.6 Å². The number of nitrogens with one attached hydrogen (secondary N) is 1. The Kier molecular flexibility index (Phi) is 2.90. The lowest BCUT2D eigenvalue weighted by Gasteiger charge is -2.20. The quantitative estimate of drug-likeness (QED) is 0.690. The summed E-state index contributed by atoms with van der Waals surface area (Å²) in [5.74, 6) is -1.07. The molecule has 6 heteroatoms. The van der Waals surface area contributed by atoms with Gasteiger partial charge in [0.1, 0.15) is 5.60 Å². The van der Waals surface area contributed by atoms with Crippen molar-refractivity contribution in [3.8, 4) is 0 Å². The summed E-state index contributed by atoms with van der Waals surface area (Å²) in [6, 6.07) is 0. The summed E-state index contributed by atoms with van der Waals surface area (Å²) in [7, 11) is 0. The topological polar surface area (TPSA) is 84.9 Å². The van der Waals surface area contributed by atoms with Gasteiger partial charge in [-0.2, -0.15) is 5.48 Å². The molecule has 0 atom stereocenters. The molecule has 0 aromatic heterocycles. The van der Waals surface area contributed by atoms with Crippen LogP contribution in [0.4, 0.5) is 4.79 Å². The van der Waals surface area contributed by atoms with Crippen LogP contribution in [-0.4, -0.2) is 28.4 Å². The van der Waals surface area contributed by atoms with E-state index in [0.717, 1.165) is 0 Å². The van der Waals surface area contributed by atoms with Crippen molar-refractivity contribution in [2.45, 2.75) is 44.8 Å². The molecule has 1 fully saturated rings. The normalized spacial score (nSPS) is 18.1. The first-order valence-electron chi connectivity index (χ1n) is 4.66. The van der Waals surface area contributed by atoms with Crippen molar-refractivity contribution in [3.05, 3.63) is 0 Å². The summed E-state index contributed by atoms with van der Waals surface area (Å²) >= 11 is 0. The molecule has 0 heterocycles. The third-order valence-electron chi connectivity index (χ3n) is 1.82. The fourth-order valence-corrected chi connectivity index (χ4v) is 0.911. The van der Waals surface area contributed by atoms with Gasteiger partial charge in [-0.1, -0.05) is 0 Å². The van der Waals surface area contributed by atoms with Crippen LogP contribution in [0, 0.1) is 0 Å². The van der Waals surface area contributed by atoms with Crippen molar-refractivity contribution in [3.63, 3.8) is 0 Å². The second kappa shape index (κ2) is 3.69. The van der Waals surface area contributed by atoms with Crippen molar-refractivity contribution >= 4 is 12.1 Å². The van der Waals surface area contributed by atoms with E-state index in [1.54, 1.807) is 20.8 Å². The molecule has 0 saturated heterocycles. The van der Waals surface area contributed by atoms with Crippen molar-refractivity contribution in [1.29, 1.82) is 0 Å². The molecule has 0 aromatic rings. The summed E-state index contributed by atoms with van der Waals surface area (Å²) in [6.45, 7) is 5.12. The Morgan fingerprint density at radius 1 is 1.33 bits per heavy atom. The Morgan fingerprint density at radius 2 is 1.87 bits per heavy atom. The van der Waals surface area contributed by atoms with Crippen molar-refractivity contribution in [1.82, 2.24) is 5.48 Å². The molecular weight excluding hydrogens is 202 g/mol. The maximum Gasteiger partial charge on any atom is 0.431 e. The number of carbonyl (C=O) groups excluding carboxylic acids is 1. The van der Waals surface area contributed by atoms with Gasteiger partial charge in [-0.15, -0.1) is 0 Å². The molecule has 15 heavy (non-hydrogen) atoms. The maximum atomic E-state index is 11.1. The summed E-state index contributed by atoms with van der Waals surface area (Å²) in [5.41, 5.74) is 0.111. The fourth-order valence-electron chi connectivity index (χ4n) is 0.911. The second-order valence-corrected chi connectivity index (χ2v) is 4.51. The predicted molar refractivity (Wildman–Crippen MR) is 50.1 cm³/mol. The molecule has 0 spiro atoms. The van der Waals surface area contributed by atoms with Gasteiger partial charge >= 0.3 is 12.1 Å². The van der Waals surface area contributed by atoms with Crippen LogP contribution in [0.3, 0.4) is 0 Å². The number of rotatable bonds is 3. The number of hydrogen-bond donors (Lipinski definition) is 2. The lowest BCUT2D eigenvalue weighted by molar-refractivity contribution is -0.159. The standard InChI is InChI=1S/C9H15NO5/c1-8(2,3)14-7(13)10-15-9(4-5-9)6(11)12/h4-5H2,1-3H3,(H,10,13)(H,11,12). The molecule has 0 bridgehead atoms. The monoisotopic (exact) mass is 217 g/mol. The average molecular weight is 217 g/mol. The molecule has 86 valence electrons. The zero-order valence-corrected chi connectivity index (χ0v) is 8.99. The minimum atomic E-state index is -1.24. The number of hydroxylamine groups is 1. The number of carbonyl (C=O) groups is 2. The van der Waals surface area contributed by atoms with E-state index in [0.29, 0.717) is 12.8 Å². The number of amides is 1. The first-order chi connectivity index (χ1) is 6.75. The van der Waals surface area contributed by atoms with Crippen LogP contribution < -0.4 is 5.48 Å². The van der Waals surface area contributed by atoms with E-state index in [4.69, 9.17) is 14.7 Å². The van der Waals surface area contributed by atoms with Crippen LogP contribution in [0.5, 0.6) is 0 Å². The highest BCUT2D eigenvalue weighted by atomic mass is 16.7. The Balaban J connectivity index is 2.32. The first-order valence-corrected chi connectivity index (χ1v) is 4.66. The lowest BCUT2D eigenvalue weighted by atomic mass is 10.2. The third kappa shape index (κ3) is 3.39. The summed E-state index contributed by atoms with van der Waals surface area (Å²) in [5, 5.41) is 8.73. The molecule has 2 N–H and O–H groups in total. The molecule has 0 unspecified atom stereocenters. The van der Waals surface area contributed by atoms with E-state index in [9.17, 15) is 9.59 Å². The van der Waals surface area contributed by atoms with Crippen LogP contribution in [0.15, 0.2) is 0 Å². The third-order valence-corrected chi connectivity index (χ3v) is 1.82. The largest absolute Gasteiger partial charge is 0.479 e. The molecular formula is C9H15NO5. The van der Waals surface area contributed by atoms with Crippen LogP contribution in [0.2, 0.25) is 0 Å². The van der Waals surface area contributed by atoms with E-state index in [1.165, 1.54) is 0 Å². The van der Waals surface area contributed by atoms with Gasteiger partial charge in [-0.3, -0.25) is 4.84 Å². The maximum absolute atomic E-state index is 11.1. The van der Waals surface area contributed by atoms with E-state index < -0.39 is 23.3 Å². The number of carboxylic acid groups (broad SMARTS) is 1. The van der Waals surface area contributed by atoms with Crippen molar-refractivity contribution < 1.29 is 24.3 Å². The van der Waals surface area contributed by atoms with E-state index in [-0.39, 0.29) is 0 Å². The highest BCUT2D eigenvalue weighted by Gasteiger charge is 2.53. The van der Waals surface area contributed by atoms with Gasteiger partial charge in [0, 0.05) is 0 Å². The zero-order chi connectivity index (χ0) is 11.7. The van der Waals surface area contributed by atoms with Gasteiger partial charge in [0.2, 0.25) is 0 Å². The Hall–Kier alpha value is -1.30. The van der Waals surface area contributed by atoms with E-state index in [2.05, 4.69) is 0 Å². The van der Waals surface area contributed by atoms with Gasteiger partial charge in [-0.25, -0.2) is 9.59 Å². The Labute approximate surface area is 87.5 Å². The number of ether oxygens (including phenoxy) is 1. The Bertz CT molecular complexity index is 277. The number of carboxylic acids is 1. The molecule has 1 saturated carbocycles. The molecule has 1 amide bonds. The molecule has 1 aliphatic carbocycles. The minimum absolute atomic E-state index is 0.401. The molecule has 0 aliphatic heterocycles. The molecule has 0 aromatic carbocycles. The number of aliphatic carboxylic acids is 1. The van der Waals surface area contributed by atoms with Gasteiger partial charge in [0.25, 0.3) is 0 Å². The van der Waals surface area contributed by atoms with Crippen LogP contribution >= 0.6 is 0 Å². The average Bonchev–Trinajstić information content (AvgIpc) is 2.77. The van der Waals surface area contributed by atoms with E-state index >= 15 is 0 Å². The highest BCUT2D eigenvalue weighted by molar-refractivity contribution is 5.81. The summed E-state index contributed by atoms with van der Waals surface area (Å²) in [6.07, 6.45) is 0.0195.